The van der Waals surface area contributed by atoms with Gasteiger partial charge in [-0.3, -0.25) is 0 Å². The summed E-state index contributed by atoms with van der Waals surface area (Å²) in [5.41, 5.74) is 6.35. The number of benzene rings is 2. The molecular formula is C18H24N2O3. The van der Waals surface area contributed by atoms with Crippen molar-refractivity contribution >= 4 is 16.9 Å². The molecule has 0 saturated heterocycles. The van der Waals surface area contributed by atoms with Crippen molar-refractivity contribution in [2.45, 2.75) is 38.8 Å². The van der Waals surface area contributed by atoms with E-state index >= 15 is 0 Å². The molecule has 23 heavy (non-hydrogen) atoms. The number of hydrogen-bond acceptors (Lipinski definition) is 4. The van der Waals surface area contributed by atoms with Crippen LogP contribution in [0.15, 0.2) is 36.4 Å². The third kappa shape index (κ3) is 4.86. The predicted octanol–water partition coefficient (Wildman–Crippen LogP) is 2.94. The molecule has 0 heterocycles. The van der Waals surface area contributed by atoms with E-state index in [0.29, 0.717) is 6.42 Å². The highest BCUT2D eigenvalue weighted by molar-refractivity contribution is 5.87. The van der Waals surface area contributed by atoms with E-state index in [1.165, 1.54) is 0 Å². The number of hydrogen-bond donors (Lipinski definition) is 3. The highest BCUT2D eigenvalue weighted by atomic mass is 16.6. The number of phenolic OH excluding ortho intramolecular Hbond substituents is 1. The number of phenols is 1. The van der Waals surface area contributed by atoms with Crippen LogP contribution in [0.25, 0.3) is 10.8 Å². The van der Waals surface area contributed by atoms with E-state index in [2.05, 4.69) is 5.32 Å². The number of alkyl carbamates (subject to hydrolysis) is 1. The Kier molecular flexibility index (Phi) is 5.11. The van der Waals surface area contributed by atoms with Crippen molar-refractivity contribution < 1.29 is 14.6 Å². The number of aromatic hydroxyl groups is 1. The van der Waals surface area contributed by atoms with E-state index in [0.717, 1.165) is 16.3 Å². The van der Waals surface area contributed by atoms with Gasteiger partial charge in [0.05, 0.1) is 0 Å². The molecule has 1 amide bonds. The van der Waals surface area contributed by atoms with Crippen LogP contribution in [-0.4, -0.2) is 29.4 Å². The zero-order valence-corrected chi connectivity index (χ0v) is 13.8. The molecule has 0 aliphatic rings. The molecule has 2 aromatic rings. The van der Waals surface area contributed by atoms with E-state index < -0.39 is 11.7 Å². The number of fused-ring (bicyclic) bond motifs is 1. The molecule has 0 spiro atoms. The number of nitrogens with one attached hydrogen (secondary N) is 1. The lowest BCUT2D eigenvalue weighted by Crippen LogP contribution is -2.41. The molecule has 0 aliphatic carbocycles. The van der Waals surface area contributed by atoms with Gasteiger partial charge in [0.15, 0.2) is 0 Å². The van der Waals surface area contributed by atoms with Crippen LogP contribution in [0.5, 0.6) is 5.75 Å². The highest BCUT2D eigenvalue weighted by Crippen LogP contribution is 2.27. The van der Waals surface area contributed by atoms with Crippen molar-refractivity contribution in [3.63, 3.8) is 0 Å². The fourth-order valence-electron chi connectivity index (χ4n) is 2.40. The van der Waals surface area contributed by atoms with Gasteiger partial charge in [-0.1, -0.05) is 30.3 Å². The highest BCUT2D eigenvalue weighted by Gasteiger charge is 2.17. The van der Waals surface area contributed by atoms with E-state index in [9.17, 15) is 9.90 Å². The molecule has 2 aromatic carbocycles. The number of amides is 1. The summed E-state index contributed by atoms with van der Waals surface area (Å²) in [5, 5.41) is 14.8. The summed E-state index contributed by atoms with van der Waals surface area (Å²) in [7, 11) is 0. The second kappa shape index (κ2) is 6.87. The third-order valence-electron chi connectivity index (χ3n) is 3.39. The standard InChI is InChI=1S/C18H24N2O3/c1-18(2,3)23-17(22)20-11-13(19)10-15-14-7-5-4-6-12(14)8-9-16(15)21/h4-9,13,21H,10-11,19H2,1-3H3,(H,20,22). The van der Waals surface area contributed by atoms with E-state index in [-0.39, 0.29) is 18.3 Å². The normalized spacial score (nSPS) is 12.9. The predicted molar refractivity (Wildman–Crippen MR) is 91.5 cm³/mol. The van der Waals surface area contributed by atoms with Crippen LogP contribution in [0.3, 0.4) is 0 Å². The van der Waals surface area contributed by atoms with Gasteiger partial charge in [-0.15, -0.1) is 0 Å². The van der Waals surface area contributed by atoms with Crippen LogP contribution >= 0.6 is 0 Å². The molecule has 1 atom stereocenters. The van der Waals surface area contributed by atoms with Crippen molar-refractivity contribution in [3.05, 3.63) is 42.0 Å². The molecule has 124 valence electrons. The zero-order valence-electron chi connectivity index (χ0n) is 13.8. The fraction of sp³-hybridized carbons (Fsp3) is 0.389. The molecule has 0 saturated carbocycles. The first-order valence-corrected chi connectivity index (χ1v) is 7.68. The van der Waals surface area contributed by atoms with Crippen molar-refractivity contribution in [1.29, 1.82) is 0 Å². The minimum Gasteiger partial charge on any atom is -0.508 e. The van der Waals surface area contributed by atoms with E-state index in [1.54, 1.807) is 26.8 Å². The van der Waals surface area contributed by atoms with Crippen molar-refractivity contribution in [2.24, 2.45) is 5.73 Å². The van der Waals surface area contributed by atoms with Crippen LogP contribution < -0.4 is 11.1 Å². The Balaban J connectivity index is 2.02. The maximum Gasteiger partial charge on any atom is 0.407 e. The molecule has 0 fully saturated rings. The van der Waals surface area contributed by atoms with Gasteiger partial charge >= 0.3 is 6.09 Å². The Hall–Kier alpha value is -2.27. The molecule has 0 aliphatic heterocycles. The number of carbonyl (C=O) groups excluding carboxylic acids is 1. The maximum absolute atomic E-state index is 11.7. The minimum atomic E-state index is -0.540. The van der Waals surface area contributed by atoms with Crippen molar-refractivity contribution in [1.82, 2.24) is 5.32 Å². The summed E-state index contributed by atoms with van der Waals surface area (Å²) >= 11 is 0. The Morgan fingerprint density at radius 1 is 1.26 bits per heavy atom. The number of carbonyl (C=O) groups is 1. The summed E-state index contributed by atoms with van der Waals surface area (Å²) in [6, 6.07) is 11.0. The summed E-state index contributed by atoms with van der Waals surface area (Å²) < 4.78 is 5.18. The van der Waals surface area contributed by atoms with Gasteiger partial charge in [-0.25, -0.2) is 4.79 Å². The van der Waals surface area contributed by atoms with E-state index in [4.69, 9.17) is 10.5 Å². The molecule has 5 heteroatoms. The lowest BCUT2D eigenvalue weighted by molar-refractivity contribution is 0.0524. The fourth-order valence-corrected chi connectivity index (χ4v) is 2.40. The number of rotatable bonds is 4. The monoisotopic (exact) mass is 316 g/mol. The SMILES string of the molecule is CC(C)(C)OC(=O)NCC(N)Cc1c(O)ccc2ccccc12. The van der Waals surface area contributed by atoms with Crippen LogP contribution in [0.1, 0.15) is 26.3 Å². The molecule has 4 N–H and O–H groups in total. The first-order chi connectivity index (χ1) is 10.8. The summed E-state index contributed by atoms with van der Waals surface area (Å²) in [6.45, 7) is 5.69. The van der Waals surface area contributed by atoms with Gasteiger partial charge in [0.25, 0.3) is 0 Å². The van der Waals surface area contributed by atoms with Gasteiger partial charge in [0, 0.05) is 18.2 Å². The first-order valence-electron chi connectivity index (χ1n) is 7.68. The van der Waals surface area contributed by atoms with Gasteiger partial charge in [0.2, 0.25) is 0 Å². The lowest BCUT2D eigenvalue weighted by atomic mass is 9.98. The Bertz CT molecular complexity index is 692. The average Bonchev–Trinajstić information content (AvgIpc) is 2.46. The van der Waals surface area contributed by atoms with E-state index in [1.807, 2.05) is 30.3 Å². The average molecular weight is 316 g/mol. The Morgan fingerprint density at radius 2 is 1.96 bits per heavy atom. The van der Waals surface area contributed by atoms with Crippen LogP contribution in [0.4, 0.5) is 4.79 Å². The molecule has 0 aromatic heterocycles. The number of ether oxygens (including phenoxy) is 1. The largest absolute Gasteiger partial charge is 0.508 e. The van der Waals surface area contributed by atoms with Gasteiger partial charge in [-0.2, -0.15) is 0 Å². The first kappa shape index (κ1) is 17.1. The molecule has 1 unspecified atom stereocenters. The zero-order chi connectivity index (χ0) is 17.0. The Labute approximate surface area is 136 Å². The van der Waals surface area contributed by atoms with Crippen LogP contribution in [0.2, 0.25) is 0 Å². The summed E-state index contributed by atoms with van der Waals surface area (Å²) in [6.07, 6.45) is -0.0294. The smallest absolute Gasteiger partial charge is 0.407 e. The summed E-state index contributed by atoms with van der Waals surface area (Å²) in [4.78, 5) is 11.7. The minimum absolute atomic E-state index is 0.219. The van der Waals surface area contributed by atoms with Gasteiger partial charge < -0.3 is 20.9 Å². The molecular weight excluding hydrogens is 292 g/mol. The molecule has 2 rings (SSSR count). The van der Waals surface area contributed by atoms with Crippen molar-refractivity contribution in [3.8, 4) is 5.75 Å². The second-order valence-corrected chi connectivity index (χ2v) is 6.63. The molecule has 0 radical (unpaired) electrons. The van der Waals surface area contributed by atoms with Gasteiger partial charge in [0.1, 0.15) is 11.4 Å². The molecule has 5 nitrogen and oxygen atoms in total. The maximum atomic E-state index is 11.7. The van der Waals surface area contributed by atoms with Crippen molar-refractivity contribution in [2.75, 3.05) is 6.54 Å². The number of nitrogens with two attached hydrogens (primary N) is 1. The summed E-state index contributed by atoms with van der Waals surface area (Å²) in [5.74, 6) is 0.219. The van der Waals surface area contributed by atoms with Gasteiger partial charge in [-0.05, 0) is 44.0 Å². The van der Waals surface area contributed by atoms with Crippen LogP contribution in [0, 0.1) is 0 Å². The Morgan fingerprint density at radius 3 is 2.65 bits per heavy atom. The second-order valence-electron chi connectivity index (χ2n) is 6.63. The van der Waals surface area contributed by atoms with Crippen LogP contribution in [-0.2, 0) is 11.2 Å². The topological polar surface area (TPSA) is 84.6 Å². The third-order valence-corrected chi connectivity index (χ3v) is 3.39. The molecule has 0 bridgehead atoms. The lowest BCUT2D eigenvalue weighted by Gasteiger charge is -2.21. The quantitative estimate of drug-likeness (QED) is 0.809.